The first kappa shape index (κ1) is 22.4. The molecule has 3 unspecified atom stereocenters. The van der Waals surface area contributed by atoms with Crippen molar-refractivity contribution in [1.82, 2.24) is 19.7 Å². The highest BCUT2D eigenvalue weighted by molar-refractivity contribution is 5.98. The normalized spacial score (nSPS) is 23.3. The fourth-order valence-electron chi connectivity index (χ4n) is 5.55. The molecule has 6 rings (SSSR count). The molecule has 2 aromatic carbocycles. The Kier molecular flexibility index (Phi) is 5.53. The van der Waals surface area contributed by atoms with Crippen molar-refractivity contribution in [2.45, 2.75) is 37.3 Å². The van der Waals surface area contributed by atoms with Crippen molar-refractivity contribution >= 4 is 22.6 Å². The summed E-state index contributed by atoms with van der Waals surface area (Å²) in [5, 5.41) is 5.69. The van der Waals surface area contributed by atoms with Crippen LogP contribution in [0.5, 0.6) is 11.5 Å². The van der Waals surface area contributed by atoms with E-state index in [1.807, 2.05) is 59.3 Å². The average Bonchev–Trinajstić information content (AvgIpc) is 3.63. The van der Waals surface area contributed by atoms with Gasteiger partial charge in [-0.15, -0.1) is 0 Å². The molecule has 1 aliphatic carbocycles. The summed E-state index contributed by atoms with van der Waals surface area (Å²) < 4.78 is 14.2. The highest BCUT2D eigenvalue weighted by Gasteiger charge is 2.48. The van der Waals surface area contributed by atoms with Crippen LogP contribution in [-0.2, 0) is 9.53 Å². The van der Waals surface area contributed by atoms with Crippen molar-refractivity contribution in [2.24, 2.45) is 5.92 Å². The first-order chi connectivity index (χ1) is 17.5. The van der Waals surface area contributed by atoms with Crippen molar-refractivity contribution in [2.75, 3.05) is 12.3 Å². The van der Waals surface area contributed by atoms with Crippen LogP contribution in [0, 0.1) is 5.92 Å². The zero-order valence-electron chi connectivity index (χ0n) is 19.8. The molecular weight excluding hydrogens is 454 g/mol. The number of nitrogens with zero attached hydrogens (tertiary/aromatic N) is 4. The van der Waals surface area contributed by atoms with E-state index in [1.165, 1.54) is 12.4 Å². The number of carbonyl (C=O) groups excluding carboxylic acids is 1. The number of para-hydroxylation sites is 1. The van der Waals surface area contributed by atoms with Crippen LogP contribution in [0.4, 0.5) is 5.82 Å². The van der Waals surface area contributed by atoms with Gasteiger partial charge < -0.3 is 15.2 Å². The van der Waals surface area contributed by atoms with Crippen molar-refractivity contribution in [3.63, 3.8) is 0 Å². The number of aromatic nitrogens is 4. The molecule has 2 fully saturated rings. The molecule has 1 saturated heterocycles. The van der Waals surface area contributed by atoms with E-state index < -0.39 is 0 Å². The Morgan fingerprint density at radius 1 is 1.11 bits per heavy atom. The van der Waals surface area contributed by atoms with E-state index >= 15 is 0 Å². The standard InChI is InChI=1S/C28H27N5O3/c1-2-23(34)19-12-13-28(14-19)15-20(16-35-28)33-27-24(26(29)30-17-31-27)25(32-33)18-8-10-22(11-9-18)36-21-6-4-3-5-7-21/h2-11,17,19-20H,1,12-16H2,(H2,29,30,31). The van der Waals surface area contributed by atoms with Crippen LogP contribution in [0.25, 0.3) is 22.3 Å². The van der Waals surface area contributed by atoms with E-state index in [0.29, 0.717) is 18.1 Å². The summed E-state index contributed by atoms with van der Waals surface area (Å²) in [4.78, 5) is 20.9. The van der Waals surface area contributed by atoms with Gasteiger partial charge in [-0.2, -0.15) is 5.10 Å². The summed E-state index contributed by atoms with van der Waals surface area (Å²) in [5.41, 5.74) is 8.31. The van der Waals surface area contributed by atoms with Crippen LogP contribution >= 0.6 is 0 Å². The maximum Gasteiger partial charge on any atom is 0.164 e. The minimum absolute atomic E-state index is 0.00572. The minimum Gasteiger partial charge on any atom is -0.457 e. The lowest BCUT2D eigenvalue weighted by Crippen LogP contribution is -2.25. The monoisotopic (exact) mass is 481 g/mol. The number of ketones is 1. The van der Waals surface area contributed by atoms with Gasteiger partial charge in [0.25, 0.3) is 0 Å². The number of hydrogen-bond acceptors (Lipinski definition) is 7. The second-order valence-corrected chi connectivity index (χ2v) is 9.59. The van der Waals surface area contributed by atoms with Crippen LogP contribution in [0.2, 0.25) is 0 Å². The van der Waals surface area contributed by atoms with Gasteiger partial charge in [-0.3, -0.25) is 4.79 Å². The lowest BCUT2D eigenvalue weighted by atomic mass is 9.93. The average molecular weight is 482 g/mol. The van der Waals surface area contributed by atoms with E-state index in [9.17, 15) is 4.79 Å². The predicted molar refractivity (Wildman–Crippen MR) is 137 cm³/mol. The molecule has 2 aliphatic rings. The molecule has 182 valence electrons. The fourth-order valence-corrected chi connectivity index (χ4v) is 5.55. The van der Waals surface area contributed by atoms with Crippen LogP contribution < -0.4 is 10.5 Å². The second kappa shape index (κ2) is 8.87. The van der Waals surface area contributed by atoms with Crippen molar-refractivity contribution in [1.29, 1.82) is 0 Å². The minimum atomic E-state index is -0.304. The Labute approximate surface area is 208 Å². The predicted octanol–water partition coefficient (Wildman–Crippen LogP) is 5.12. The van der Waals surface area contributed by atoms with Gasteiger partial charge in [-0.25, -0.2) is 14.6 Å². The summed E-state index contributed by atoms with van der Waals surface area (Å²) >= 11 is 0. The largest absolute Gasteiger partial charge is 0.457 e. The zero-order valence-corrected chi connectivity index (χ0v) is 19.8. The number of benzene rings is 2. The Morgan fingerprint density at radius 2 is 1.89 bits per heavy atom. The second-order valence-electron chi connectivity index (χ2n) is 9.59. The number of allylic oxidation sites excluding steroid dienone is 1. The first-order valence-corrected chi connectivity index (χ1v) is 12.2. The number of carbonyl (C=O) groups is 1. The summed E-state index contributed by atoms with van der Waals surface area (Å²) in [5.74, 6) is 1.98. The van der Waals surface area contributed by atoms with E-state index in [1.54, 1.807) is 0 Å². The lowest BCUT2D eigenvalue weighted by Gasteiger charge is -2.22. The molecule has 1 saturated carbocycles. The molecule has 2 N–H and O–H groups in total. The molecular formula is C28H27N5O3. The SMILES string of the molecule is C=CC(=O)C1CCC2(C1)CC(n1nc(-c3ccc(Oc4ccccc4)cc3)c3c(N)ncnc31)CO2. The maximum absolute atomic E-state index is 12.2. The van der Waals surface area contributed by atoms with Gasteiger partial charge in [0.1, 0.15) is 29.3 Å². The van der Waals surface area contributed by atoms with E-state index in [0.717, 1.165) is 53.8 Å². The molecule has 4 aromatic rings. The molecule has 0 amide bonds. The number of fused-ring (bicyclic) bond motifs is 1. The molecule has 3 atom stereocenters. The van der Waals surface area contributed by atoms with E-state index in [-0.39, 0.29) is 23.3 Å². The van der Waals surface area contributed by atoms with Crippen molar-refractivity contribution in [3.05, 3.63) is 73.6 Å². The molecule has 2 aromatic heterocycles. The Hall–Kier alpha value is -4.04. The Balaban J connectivity index is 1.30. The van der Waals surface area contributed by atoms with Gasteiger partial charge in [0.2, 0.25) is 0 Å². The number of rotatable bonds is 6. The molecule has 0 bridgehead atoms. The summed E-state index contributed by atoms with van der Waals surface area (Å²) in [6, 6.07) is 17.4. The smallest absolute Gasteiger partial charge is 0.164 e. The number of nitrogens with two attached hydrogens (primary N) is 1. The van der Waals surface area contributed by atoms with Crippen LogP contribution in [-0.4, -0.2) is 37.7 Å². The molecule has 8 nitrogen and oxygen atoms in total. The van der Waals surface area contributed by atoms with Gasteiger partial charge >= 0.3 is 0 Å². The quantitative estimate of drug-likeness (QED) is 0.381. The summed E-state index contributed by atoms with van der Waals surface area (Å²) in [6.07, 6.45) is 6.09. The lowest BCUT2D eigenvalue weighted by molar-refractivity contribution is -0.118. The van der Waals surface area contributed by atoms with Gasteiger partial charge in [0.15, 0.2) is 11.4 Å². The summed E-state index contributed by atoms with van der Waals surface area (Å²) in [6.45, 7) is 4.16. The van der Waals surface area contributed by atoms with Crippen LogP contribution in [0.15, 0.2) is 73.6 Å². The number of anilines is 1. The maximum atomic E-state index is 12.2. The zero-order chi connectivity index (χ0) is 24.7. The third kappa shape index (κ3) is 3.93. The van der Waals surface area contributed by atoms with Crippen molar-refractivity contribution < 1.29 is 14.3 Å². The molecule has 3 heterocycles. The van der Waals surface area contributed by atoms with Gasteiger partial charge in [-0.1, -0.05) is 24.8 Å². The Morgan fingerprint density at radius 3 is 2.67 bits per heavy atom. The van der Waals surface area contributed by atoms with Crippen molar-refractivity contribution in [3.8, 4) is 22.8 Å². The van der Waals surface area contributed by atoms with Crippen LogP contribution in [0.3, 0.4) is 0 Å². The molecule has 1 spiro atoms. The van der Waals surface area contributed by atoms with E-state index in [2.05, 4.69) is 16.5 Å². The summed E-state index contributed by atoms with van der Waals surface area (Å²) in [7, 11) is 0. The molecule has 8 heteroatoms. The third-order valence-electron chi connectivity index (χ3n) is 7.33. The highest BCUT2D eigenvalue weighted by Crippen LogP contribution is 2.48. The third-order valence-corrected chi connectivity index (χ3v) is 7.33. The fraction of sp³-hybridized carbons (Fsp3) is 0.286. The number of hydrogen-bond donors (Lipinski definition) is 1. The topological polar surface area (TPSA) is 105 Å². The first-order valence-electron chi connectivity index (χ1n) is 12.2. The number of ether oxygens (including phenoxy) is 2. The van der Waals surface area contributed by atoms with E-state index in [4.69, 9.17) is 20.3 Å². The number of nitrogen functional groups attached to an aromatic ring is 1. The molecule has 1 aliphatic heterocycles. The molecule has 36 heavy (non-hydrogen) atoms. The Bertz CT molecular complexity index is 1430. The van der Waals surface area contributed by atoms with Gasteiger partial charge in [-0.05, 0) is 61.7 Å². The van der Waals surface area contributed by atoms with Gasteiger partial charge in [0, 0.05) is 17.9 Å². The van der Waals surface area contributed by atoms with Crippen LogP contribution in [0.1, 0.15) is 31.7 Å². The highest BCUT2D eigenvalue weighted by atomic mass is 16.5. The molecule has 0 radical (unpaired) electrons. The van der Waals surface area contributed by atoms with Gasteiger partial charge in [0.05, 0.1) is 23.6 Å².